The van der Waals surface area contributed by atoms with Gasteiger partial charge in [0.05, 0.1) is 0 Å². The maximum atomic E-state index is 12.9. The van der Waals surface area contributed by atoms with Crippen LogP contribution in [-0.2, 0) is 28.6 Å². The van der Waals surface area contributed by atoms with Crippen molar-refractivity contribution < 1.29 is 28.6 Å². The van der Waals surface area contributed by atoms with Crippen LogP contribution in [0.5, 0.6) is 0 Å². The van der Waals surface area contributed by atoms with Crippen LogP contribution in [-0.4, -0.2) is 37.2 Å². The van der Waals surface area contributed by atoms with Gasteiger partial charge in [-0.3, -0.25) is 14.4 Å². The smallest absolute Gasteiger partial charge is 0.306 e. The van der Waals surface area contributed by atoms with Crippen LogP contribution in [0.3, 0.4) is 0 Å². The van der Waals surface area contributed by atoms with Gasteiger partial charge in [0, 0.05) is 19.3 Å². The standard InChI is InChI=1S/C70H120O6/c1-4-7-10-13-16-19-22-25-27-29-31-32-33-34-35-36-37-38-39-41-42-45-48-51-54-57-60-63-69(72)75-66-67(65-74-68(71)62-59-56-53-50-47-44-24-21-18-15-12-9-6-3)76-70(73)64-61-58-55-52-49-46-43-40-30-28-26-23-20-17-14-11-8-5-2/h9,12,18,20-23,25,28-31,33-34,44,47,67H,4-8,10-11,13-17,19,24,26-27,32,35-43,45-46,48-66H2,1-3H3/b12-9-,21-18-,23-20-,25-22-,30-28-,31-29-,34-33-,47-44-. The summed E-state index contributed by atoms with van der Waals surface area (Å²) in [6.07, 6.45) is 85.6. The molecule has 0 radical (unpaired) electrons. The summed E-state index contributed by atoms with van der Waals surface area (Å²) in [4.78, 5) is 38.3. The minimum atomic E-state index is -0.796. The van der Waals surface area contributed by atoms with Gasteiger partial charge in [-0.1, -0.05) is 266 Å². The monoisotopic (exact) mass is 1060 g/mol. The first-order valence-electron chi connectivity index (χ1n) is 32.2. The first-order valence-corrected chi connectivity index (χ1v) is 32.2. The molecule has 0 heterocycles. The molecule has 6 nitrogen and oxygen atoms in total. The van der Waals surface area contributed by atoms with Crippen molar-refractivity contribution in [3.8, 4) is 0 Å². The van der Waals surface area contributed by atoms with Crippen molar-refractivity contribution in [3.63, 3.8) is 0 Å². The molecule has 0 fully saturated rings. The second-order valence-corrected chi connectivity index (χ2v) is 21.3. The van der Waals surface area contributed by atoms with Crippen molar-refractivity contribution in [2.24, 2.45) is 0 Å². The summed E-state index contributed by atoms with van der Waals surface area (Å²) in [6, 6.07) is 0. The Bertz CT molecular complexity index is 1490. The fourth-order valence-electron chi connectivity index (χ4n) is 8.97. The lowest BCUT2D eigenvalue weighted by Gasteiger charge is -2.18. The molecule has 0 aliphatic carbocycles. The largest absolute Gasteiger partial charge is 0.462 e. The van der Waals surface area contributed by atoms with Crippen LogP contribution in [0.15, 0.2) is 97.2 Å². The molecular formula is C70H120O6. The number of hydrogen-bond donors (Lipinski definition) is 0. The van der Waals surface area contributed by atoms with E-state index >= 15 is 0 Å². The average molecular weight is 1060 g/mol. The highest BCUT2D eigenvalue weighted by molar-refractivity contribution is 5.71. The highest BCUT2D eigenvalue weighted by atomic mass is 16.6. The van der Waals surface area contributed by atoms with Crippen LogP contribution in [0.2, 0.25) is 0 Å². The lowest BCUT2D eigenvalue weighted by molar-refractivity contribution is -0.167. The predicted molar refractivity (Wildman–Crippen MR) is 330 cm³/mol. The Kier molecular flexibility index (Phi) is 60.8. The van der Waals surface area contributed by atoms with E-state index in [-0.39, 0.29) is 31.1 Å². The quantitative estimate of drug-likeness (QED) is 0.0261. The SMILES string of the molecule is CC/C=C\C/C=C\C/C=C\CCCCCC(=O)OCC(COC(=O)CCCCCCCCCCCCCC/C=C\C/C=C\C/C=C\CCCCCCC)OC(=O)CCCCCCCCC/C=C\C/C=C\CCCCCC. The van der Waals surface area contributed by atoms with E-state index in [1.807, 2.05) is 0 Å². The van der Waals surface area contributed by atoms with E-state index in [0.29, 0.717) is 19.3 Å². The fraction of sp³-hybridized carbons (Fsp3) is 0.729. The molecule has 0 spiro atoms. The van der Waals surface area contributed by atoms with Crippen molar-refractivity contribution in [1.82, 2.24) is 0 Å². The number of hydrogen-bond acceptors (Lipinski definition) is 6. The van der Waals surface area contributed by atoms with Crippen LogP contribution >= 0.6 is 0 Å². The van der Waals surface area contributed by atoms with Crippen molar-refractivity contribution >= 4 is 17.9 Å². The van der Waals surface area contributed by atoms with Gasteiger partial charge in [-0.05, 0) is 122 Å². The second-order valence-electron chi connectivity index (χ2n) is 21.3. The van der Waals surface area contributed by atoms with Crippen LogP contribution in [0.1, 0.15) is 310 Å². The lowest BCUT2D eigenvalue weighted by atomic mass is 10.0. The predicted octanol–water partition coefficient (Wildman–Crippen LogP) is 22.0. The van der Waals surface area contributed by atoms with Gasteiger partial charge in [0.15, 0.2) is 6.10 Å². The number of rotatable bonds is 58. The first-order chi connectivity index (χ1) is 37.5. The zero-order valence-electron chi connectivity index (χ0n) is 50.0. The minimum Gasteiger partial charge on any atom is -0.462 e. The summed E-state index contributed by atoms with van der Waals surface area (Å²) in [6.45, 7) is 6.49. The number of allylic oxidation sites excluding steroid dienone is 16. The fourth-order valence-corrected chi connectivity index (χ4v) is 8.97. The van der Waals surface area contributed by atoms with E-state index in [0.717, 1.165) is 109 Å². The Morgan fingerprint density at radius 1 is 0.276 bits per heavy atom. The summed E-state index contributed by atoms with van der Waals surface area (Å²) >= 11 is 0. The van der Waals surface area contributed by atoms with Gasteiger partial charge in [-0.2, -0.15) is 0 Å². The normalized spacial score (nSPS) is 12.7. The van der Waals surface area contributed by atoms with E-state index < -0.39 is 6.10 Å². The maximum Gasteiger partial charge on any atom is 0.306 e. The molecule has 0 saturated carbocycles. The van der Waals surface area contributed by atoms with E-state index in [9.17, 15) is 14.4 Å². The van der Waals surface area contributed by atoms with Crippen molar-refractivity contribution in [2.75, 3.05) is 13.2 Å². The summed E-state index contributed by atoms with van der Waals surface area (Å²) < 4.78 is 16.9. The molecule has 0 bridgehead atoms. The molecule has 6 heteroatoms. The van der Waals surface area contributed by atoms with E-state index in [1.54, 1.807) is 0 Å². The third kappa shape index (κ3) is 61.2. The molecule has 0 N–H and O–H groups in total. The topological polar surface area (TPSA) is 78.9 Å². The summed E-state index contributed by atoms with van der Waals surface area (Å²) in [5.41, 5.74) is 0. The molecular weight excluding hydrogens is 937 g/mol. The van der Waals surface area contributed by atoms with E-state index in [4.69, 9.17) is 14.2 Å². The van der Waals surface area contributed by atoms with Gasteiger partial charge in [0.1, 0.15) is 13.2 Å². The van der Waals surface area contributed by atoms with Crippen molar-refractivity contribution in [3.05, 3.63) is 97.2 Å². The molecule has 76 heavy (non-hydrogen) atoms. The molecule has 0 aliphatic rings. The number of esters is 3. The molecule has 0 aliphatic heterocycles. The molecule has 1 unspecified atom stereocenters. The molecule has 0 amide bonds. The van der Waals surface area contributed by atoms with E-state index in [2.05, 4.69) is 118 Å². The van der Waals surface area contributed by atoms with Gasteiger partial charge >= 0.3 is 17.9 Å². The van der Waals surface area contributed by atoms with Gasteiger partial charge in [-0.15, -0.1) is 0 Å². The molecule has 436 valence electrons. The first kappa shape index (κ1) is 72.3. The zero-order valence-corrected chi connectivity index (χ0v) is 50.0. The van der Waals surface area contributed by atoms with Crippen LogP contribution in [0.25, 0.3) is 0 Å². The molecule has 0 aromatic heterocycles. The van der Waals surface area contributed by atoms with Gasteiger partial charge in [-0.25, -0.2) is 0 Å². The molecule has 0 aromatic rings. The van der Waals surface area contributed by atoms with Crippen molar-refractivity contribution in [2.45, 2.75) is 316 Å². The molecule has 1 atom stereocenters. The molecule has 0 aromatic carbocycles. The number of carbonyl (C=O) groups excluding carboxylic acids is 3. The molecule has 0 saturated heterocycles. The Morgan fingerprint density at radius 3 is 0.829 bits per heavy atom. The number of ether oxygens (including phenoxy) is 3. The third-order valence-corrected chi connectivity index (χ3v) is 13.8. The molecule has 0 rings (SSSR count). The number of carbonyl (C=O) groups is 3. The van der Waals surface area contributed by atoms with Crippen LogP contribution < -0.4 is 0 Å². The highest BCUT2D eigenvalue weighted by Crippen LogP contribution is 2.16. The number of unbranched alkanes of at least 4 members (excludes halogenated alkanes) is 31. The Morgan fingerprint density at radius 2 is 0.513 bits per heavy atom. The Labute approximate surface area is 470 Å². The summed E-state index contributed by atoms with van der Waals surface area (Å²) in [5, 5.41) is 0. The van der Waals surface area contributed by atoms with Gasteiger partial charge < -0.3 is 14.2 Å². The lowest BCUT2D eigenvalue weighted by Crippen LogP contribution is -2.30. The zero-order chi connectivity index (χ0) is 55.0. The second kappa shape index (κ2) is 63.9. The summed E-state index contributed by atoms with van der Waals surface area (Å²) in [5.74, 6) is -0.923. The average Bonchev–Trinajstić information content (AvgIpc) is 3.42. The van der Waals surface area contributed by atoms with Gasteiger partial charge in [0.2, 0.25) is 0 Å². The highest BCUT2D eigenvalue weighted by Gasteiger charge is 2.19. The van der Waals surface area contributed by atoms with Gasteiger partial charge in [0.25, 0.3) is 0 Å². The third-order valence-electron chi connectivity index (χ3n) is 13.8. The maximum absolute atomic E-state index is 12.9. The minimum absolute atomic E-state index is 0.0908. The Hall–Kier alpha value is -3.67. The van der Waals surface area contributed by atoms with E-state index in [1.165, 1.54) is 161 Å². The van der Waals surface area contributed by atoms with Crippen molar-refractivity contribution in [1.29, 1.82) is 0 Å². The van der Waals surface area contributed by atoms with Crippen LogP contribution in [0, 0.1) is 0 Å². The Balaban J connectivity index is 4.31. The van der Waals surface area contributed by atoms with Crippen LogP contribution in [0.4, 0.5) is 0 Å². The summed E-state index contributed by atoms with van der Waals surface area (Å²) in [7, 11) is 0.